The van der Waals surface area contributed by atoms with Gasteiger partial charge in [-0.15, -0.1) is 0 Å². The lowest BCUT2D eigenvalue weighted by atomic mass is 10.3. The average Bonchev–Trinajstić information content (AvgIpc) is 3.15. The molecule has 2 amide bonds. The highest BCUT2D eigenvalue weighted by molar-refractivity contribution is 5.92. The molecule has 0 spiro atoms. The van der Waals surface area contributed by atoms with Gasteiger partial charge in [0.05, 0.1) is 6.61 Å². The minimum Gasteiger partial charge on any atom is -0.450 e. The first-order valence-electron chi connectivity index (χ1n) is 8.90. The third-order valence-corrected chi connectivity index (χ3v) is 4.54. The fourth-order valence-electron chi connectivity index (χ4n) is 3.19. The number of ether oxygens (including phenoxy) is 1. The van der Waals surface area contributed by atoms with Gasteiger partial charge in [0.25, 0.3) is 5.91 Å². The van der Waals surface area contributed by atoms with E-state index in [1.165, 1.54) is 0 Å². The van der Waals surface area contributed by atoms with E-state index >= 15 is 0 Å². The molecule has 0 bridgehead atoms. The highest BCUT2D eigenvalue weighted by atomic mass is 16.6. The van der Waals surface area contributed by atoms with E-state index in [4.69, 9.17) is 4.74 Å². The zero-order valence-corrected chi connectivity index (χ0v) is 14.9. The highest BCUT2D eigenvalue weighted by Gasteiger charge is 2.26. The summed E-state index contributed by atoms with van der Waals surface area (Å²) in [4.78, 5) is 38.9. The molecular weight excluding hydrogens is 322 g/mol. The lowest BCUT2D eigenvalue weighted by Crippen LogP contribution is -2.49. The van der Waals surface area contributed by atoms with Crippen LogP contribution >= 0.6 is 0 Å². The van der Waals surface area contributed by atoms with Crippen molar-refractivity contribution < 1.29 is 14.3 Å². The van der Waals surface area contributed by atoms with Crippen LogP contribution in [0.1, 0.15) is 35.9 Å². The summed E-state index contributed by atoms with van der Waals surface area (Å²) < 4.78 is 5.04. The Bertz CT molecular complexity index is 637. The molecule has 2 saturated heterocycles. The van der Waals surface area contributed by atoms with E-state index in [0.717, 1.165) is 31.6 Å². The van der Waals surface area contributed by atoms with Crippen LogP contribution < -0.4 is 4.90 Å². The number of carbonyl (C=O) groups excluding carboxylic acids is 2. The van der Waals surface area contributed by atoms with Crippen LogP contribution in [0.5, 0.6) is 0 Å². The van der Waals surface area contributed by atoms with Crippen molar-refractivity contribution in [2.24, 2.45) is 0 Å². The maximum Gasteiger partial charge on any atom is 0.409 e. The third kappa shape index (κ3) is 4.00. The number of aryl methyl sites for hydroxylation is 1. The zero-order valence-electron chi connectivity index (χ0n) is 14.9. The van der Waals surface area contributed by atoms with Gasteiger partial charge < -0.3 is 19.4 Å². The zero-order chi connectivity index (χ0) is 17.8. The summed E-state index contributed by atoms with van der Waals surface area (Å²) in [6.07, 6.45) is 1.83. The number of hydrogen-bond acceptors (Lipinski definition) is 6. The van der Waals surface area contributed by atoms with Crippen molar-refractivity contribution in [3.05, 3.63) is 17.5 Å². The quantitative estimate of drug-likeness (QED) is 0.820. The number of hydrogen-bond donors (Lipinski definition) is 0. The number of likely N-dealkylation sites (tertiary alicyclic amines) is 1. The summed E-state index contributed by atoms with van der Waals surface area (Å²) in [5.41, 5.74) is 1.23. The van der Waals surface area contributed by atoms with Crippen molar-refractivity contribution in [3.8, 4) is 0 Å². The van der Waals surface area contributed by atoms with Crippen molar-refractivity contribution in [1.29, 1.82) is 0 Å². The smallest absolute Gasteiger partial charge is 0.409 e. The Morgan fingerprint density at radius 2 is 1.72 bits per heavy atom. The molecule has 0 aliphatic carbocycles. The van der Waals surface area contributed by atoms with Crippen LogP contribution in [-0.4, -0.2) is 77.6 Å². The van der Waals surface area contributed by atoms with Crippen LogP contribution in [0.25, 0.3) is 0 Å². The van der Waals surface area contributed by atoms with Gasteiger partial charge in [-0.2, -0.15) is 0 Å². The van der Waals surface area contributed by atoms with E-state index in [1.807, 2.05) is 16.7 Å². The van der Waals surface area contributed by atoms with Gasteiger partial charge in [-0.1, -0.05) is 0 Å². The highest BCUT2D eigenvalue weighted by Crippen LogP contribution is 2.17. The summed E-state index contributed by atoms with van der Waals surface area (Å²) in [5, 5.41) is 0. The average molecular weight is 347 g/mol. The fourth-order valence-corrected chi connectivity index (χ4v) is 3.19. The molecule has 1 aromatic heterocycles. The molecule has 25 heavy (non-hydrogen) atoms. The van der Waals surface area contributed by atoms with Crippen molar-refractivity contribution in [1.82, 2.24) is 19.8 Å². The standard InChI is InChI=1S/C17H25N5O3/c1-3-25-17(24)22-10-8-21(9-11-22)16-18-13(2)12-14(19-16)15(23)20-6-4-5-7-20/h12H,3-11H2,1-2H3. The van der Waals surface area contributed by atoms with Crippen LogP contribution in [0.2, 0.25) is 0 Å². The summed E-state index contributed by atoms with van der Waals surface area (Å²) >= 11 is 0. The van der Waals surface area contributed by atoms with Gasteiger partial charge in [-0.25, -0.2) is 14.8 Å². The van der Waals surface area contributed by atoms with Gasteiger partial charge in [-0.3, -0.25) is 4.79 Å². The maximum atomic E-state index is 12.6. The molecule has 8 nitrogen and oxygen atoms in total. The Balaban J connectivity index is 1.69. The lowest BCUT2D eigenvalue weighted by molar-refractivity contribution is 0.0786. The number of aromatic nitrogens is 2. The number of rotatable bonds is 3. The van der Waals surface area contributed by atoms with E-state index < -0.39 is 0 Å². The number of anilines is 1. The van der Waals surface area contributed by atoms with E-state index in [0.29, 0.717) is 44.4 Å². The first-order chi connectivity index (χ1) is 12.1. The first kappa shape index (κ1) is 17.4. The summed E-state index contributed by atoms with van der Waals surface area (Å²) in [6.45, 7) is 8.03. The predicted molar refractivity (Wildman–Crippen MR) is 92.7 cm³/mol. The minimum absolute atomic E-state index is 0.0191. The van der Waals surface area contributed by atoms with E-state index in [9.17, 15) is 9.59 Å². The molecule has 2 aliphatic rings. The Morgan fingerprint density at radius 1 is 1.04 bits per heavy atom. The molecule has 3 rings (SSSR count). The second-order valence-electron chi connectivity index (χ2n) is 6.37. The second kappa shape index (κ2) is 7.67. The predicted octanol–water partition coefficient (Wildman–Crippen LogP) is 1.30. The van der Waals surface area contributed by atoms with Gasteiger partial charge in [0.15, 0.2) is 0 Å². The van der Waals surface area contributed by atoms with Crippen LogP contribution in [0.3, 0.4) is 0 Å². The van der Waals surface area contributed by atoms with Gasteiger partial charge in [-0.05, 0) is 32.8 Å². The van der Waals surface area contributed by atoms with Gasteiger partial charge in [0, 0.05) is 45.0 Å². The van der Waals surface area contributed by atoms with Crippen LogP contribution in [0.15, 0.2) is 6.07 Å². The fraction of sp³-hybridized carbons (Fsp3) is 0.647. The molecule has 2 fully saturated rings. The molecule has 0 atom stereocenters. The van der Waals surface area contributed by atoms with Crippen molar-refractivity contribution in [3.63, 3.8) is 0 Å². The lowest BCUT2D eigenvalue weighted by Gasteiger charge is -2.34. The molecule has 3 heterocycles. The van der Waals surface area contributed by atoms with Crippen molar-refractivity contribution in [2.75, 3.05) is 50.8 Å². The Hall–Kier alpha value is -2.38. The van der Waals surface area contributed by atoms with Gasteiger partial charge >= 0.3 is 6.09 Å². The monoisotopic (exact) mass is 347 g/mol. The molecule has 0 unspecified atom stereocenters. The second-order valence-corrected chi connectivity index (χ2v) is 6.37. The molecule has 136 valence electrons. The summed E-state index contributed by atoms with van der Waals surface area (Å²) in [6, 6.07) is 1.75. The van der Waals surface area contributed by atoms with E-state index in [2.05, 4.69) is 9.97 Å². The minimum atomic E-state index is -0.280. The molecule has 0 saturated carbocycles. The SMILES string of the molecule is CCOC(=O)N1CCN(c2nc(C)cc(C(=O)N3CCCC3)n2)CC1. The molecule has 8 heteroatoms. The largest absolute Gasteiger partial charge is 0.450 e. The third-order valence-electron chi connectivity index (χ3n) is 4.54. The first-order valence-corrected chi connectivity index (χ1v) is 8.90. The molecule has 2 aliphatic heterocycles. The normalized spacial score (nSPS) is 17.8. The van der Waals surface area contributed by atoms with Gasteiger partial charge in [0.2, 0.25) is 5.95 Å². The molecular formula is C17H25N5O3. The van der Waals surface area contributed by atoms with Crippen LogP contribution in [-0.2, 0) is 4.74 Å². The Labute approximate surface area is 147 Å². The van der Waals surface area contributed by atoms with Crippen LogP contribution in [0, 0.1) is 6.92 Å². The van der Waals surface area contributed by atoms with Crippen LogP contribution in [0.4, 0.5) is 10.7 Å². The maximum absolute atomic E-state index is 12.6. The van der Waals surface area contributed by atoms with Crippen molar-refractivity contribution in [2.45, 2.75) is 26.7 Å². The number of amides is 2. The summed E-state index contributed by atoms with van der Waals surface area (Å²) in [5.74, 6) is 0.542. The summed E-state index contributed by atoms with van der Waals surface area (Å²) in [7, 11) is 0. The van der Waals surface area contributed by atoms with Crippen molar-refractivity contribution >= 4 is 17.9 Å². The molecule has 0 aromatic carbocycles. The number of carbonyl (C=O) groups is 2. The van der Waals surface area contributed by atoms with E-state index in [1.54, 1.807) is 17.9 Å². The molecule has 0 radical (unpaired) electrons. The molecule has 1 aromatic rings. The Kier molecular flexibility index (Phi) is 5.35. The number of piperazine rings is 1. The topological polar surface area (TPSA) is 78.9 Å². The van der Waals surface area contributed by atoms with Gasteiger partial charge in [0.1, 0.15) is 5.69 Å². The Morgan fingerprint density at radius 3 is 2.36 bits per heavy atom. The van der Waals surface area contributed by atoms with E-state index in [-0.39, 0.29) is 12.0 Å². The number of nitrogens with zero attached hydrogens (tertiary/aromatic N) is 5. The molecule has 0 N–H and O–H groups in total.